The topological polar surface area (TPSA) is 166 Å². The molecule has 0 heterocycles. The zero-order chi connectivity index (χ0) is 27.7. The Morgan fingerprint density at radius 3 is 2.63 bits per heavy atom. The highest BCUT2D eigenvalue weighted by atomic mass is 16.6. The molecule has 0 unspecified atom stereocenters. The Kier molecular flexibility index (Phi) is 8.35. The van der Waals surface area contributed by atoms with Crippen molar-refractivity contribution in [2.24, 2.45) is 33.7 Å². The van der Waals surface area contributed by atoms with Crippen molar-refractivity contribution in [1.29, 1.82) is 0 Å². The van der Waals surface area contributed by atoms with Gasteiger partial charge in [-0.25, -0.2) is 0 Å². The van der Waals surface area contributed by atoms with Crippen LogP contribution in [-0.4, -0.2) is 75.3 Å². The van der Waals surface area contributed by atoms with Gasteiger partial charge in [0.05, 0.1) is 11.8 Å². The van der Waals surface area contributed by atoms with Crippen LogP contribution in [0, 0.1) is 28.6 Å². The van der Waals surface area contributed by atoms with Crippen molar-refractivity contribution in [3.8, 4) is 0 Å². The Bertz CT molecular complexity index is 1010. The average Bonchev–Trinajstić information content (AvgIpc) is 3.13. The van der Waals surface area contributed by atoms with E-state index in [9.17, 15) is 29.7 Å². The number of nitrogens with one attached hydrogen (secondary N) is 1. The molecule has 0 aromatic heterocycles. The Morgan fingerprint density at radius 2 is 1.92 bits per heavy atom. The number of nitrogens with zero attached hydrogens (tertiary/aromatic N) is 1. The van der Waals surface area contributed by atoms with Gasteiger partial charge in [-0.1, -0.05) is 24.6 Å². The van der Waals surface area contributed by atoms with Crippen molar-refractivity contribution in [2.45, 2.75) is 89.8 Å². The Labute approximate surface area is 223 Å². The second kappa shape index (κ2) is 11.1. The van der Waals surface area contributed by atoms with Gasteiger partial charge in [0, 0.05) is 18.4 Å². The smallest absolute Gasteiger partial charge is 0.303 e. The van der Waals surface area contributed by atoms with Gasteiger partial charge in [0.1, 0.15) is 12.2 Å². The molecule has 0 radical (unpaired) electrons. The van der Waals surface area contributed by atoms with E-state index in [1.807, 2.05) is 13.0 Å². The fourth-order valence-corrected chi connectivity index (χ4v) is 8.22. The second-order valence-electron chi connectivity index (χ2n) is 12.1. The van der Waals surface area contributed by atoms with Crippen LogP contribution in [0.2, 0.25) is 0 Å². The van der Waals surface area contributed by atoms with Crippen molar-refractivity contribution < 1.29 is 39.6 Å². The van der Waals surface area contributed by atoms with Crippen LogP contribution in [0.5, 0.6) is 0 Å². The highest BCUT2D eigenvalue weighted by Crippen LogP contribution is 2.67. The standard InChI is InChI=1S/C28H42N2O8/c1-26-10-8-18(30-38-16-23(34)29-12-4-3-5-24(35)36)13-17(26)6-7-19-20-9-11-28(37,22(33)15-31)27(20,2)14-21(32)25(19)26/h13,19-21,25,31-32,37H,3-12,14-16H2,1-2H3,(H,29,34)(H,35,36)/b30-18+/t19-,20-,21-,25+,26-,27-,28-/m0/s1. The fraction of sp³-hybridized carbons (Fsp3) is 0.786. The van der Waals surface area contributed by atoms with Crippen LogP contribution in [0.3, 0.4) is 0 Å². The van der Waals surface area contributed by atoms with Crippen molar-refractivity contribution >= 4 is 23.4 Å². The van der Waals surface area contributed by atoms with E-state index in [2.05, 4.69) is 17.4 Å². The van der Waals surface area contributed by atoms with Gasteiger partial charge in [-0.2, -0.15) is 0 Å². The Hall–Kier alpha value is -2.30. The lowest BCUT2D eigenvalue weighted by Gasteiger charge is -2.60. The molecule has 0 aromatic rings. The summed E-state index contributed by atoms with van der Waals surface area (Å²) in [5, 5.41) is 47.9. The number of ketones is 1. The molecule has 1 amide bonds. The molecule has 5 N–H and O–H groups in total. The van der Waals surface area contributed by atoms with Gasteiger partial charge in [0.2, 0.25) is 0 Å². The molecule has 4 rings (SSSR count). The van der Waals surface area contributed by atoms with E-state index in [0.717, 1.165) is 25.0 Å². The maximum absolute atomic E-state index is 12.6. The number of Topliss-reactive ketones (excluding diaryl/α,β-unsaturated/α-hetero) is 1. The molecule has 4 aliphatic rings. The minimum absolute atomic E-state index is 0.0153. The van der Waals surface area contributed by atoms with Crippen LogP contribution in [-0.2, 0) is 19.2 Å². The van der Waals surface area contributed by atoms with Gasteiger partial charge < -0.3 is 30.6 Å². The number of aliphatic hydroxyl groups is 3. The van der Waals surface area contributed by atoms with Gasteiger partial charge in [-0.3, -0.25) is 14.4 Å². The molecule has 38 heavy (non-hydrogen) atoms. The number of oxime groups is 1. The molecule has 4 aliphatic carbocycles. The summed E-state index contributed by atoms with van der Waals surface area (Å²) in [6.45, 7) is 3.62. The molecule has 3 fully saturated rings. The summed E-state index contributed by atoms with van der Waals surface area (Å²) >= 11 is 0. The number of carbonyl (C=O) groups is 3. The molecule has 7 atom stereocenters. The summed E-state index contributed by atoms with van der Waals surface area (Å²) < 4.78 is 0. The zero-order valence-electron chi connectivity index (χ0n) is 22.4. The first-order valence-electron chi connectivity index (χ1n) is 13.9. The lowest BCUT2D eigenvalue weighted by molar-refractivity contribution is -0.181. The Morgan fingerprint density at radius 1 is 1.16 bits per heavy atom. The minimum Gasteiger partial charge on any atom is -0.481 e. The summed E-state index contributed by atoms with van der Waals surface area (Å²) in [4.78, 5) is 40.4. The molecule has 0 aliphatic heterocycles. The van der Waals surface area contributed by atoms with Crippen molar-refractivity contribution in [3.63, 3.8) is 0 Å². The number of carbonyl (C=O) groups excluding carboxylic acids is 2. The third-order valence-corrected chi connectivity index (χ3v) is 10.2. The third kappa shape index (κ3) is 5.02. The molecule has 10 heteroatoms. The second-order valence-corrected chi connectivity index (χ2v) is 12.1. The number of allylic oxidation sites excluding steroid dienone is 2. The van der Waals surface area contributed by atoms with E-state index in [4.69, 9.17) is 9.94 Å². The van der Waals surface area contributed by atoms with Gasteiger partial charge >= 0.3 is 5.97 Å². The zero-order valence-corrected chi connectivity index (χ0v) is 22.4. The Balaban J connectivity index is 1.39. The van der Waals surface area contributed by atoms with Crippen LogP contribution in [0.4, 0.5) is 0 Å². The fourth-order valence-electron chi connectivity index (χ4n) is 8.22. The van der Waals surface area contributed by atoms with E-state index in [1.165, 1.54) is 5.57 Å². The predicted octanol–water partition coefficient (Wildman–Crippen LogP) is 1.96. The van der Waals surface area contributed by atoms with E-state index >= 15 is 0 Å². The number of fused-ring (bicyclic) bond motifs is 5. The normalized spacial score (nSPS) is 39.0. The summed E-state index contributed by atoms with van der Waals surface area (Å²) in [6, 6.07) is 0. The molecule has 0 aromatic carbocycles. The maximum Gasteiger partial charge on any atom is 0.303 e. The number of hydrogen-bond donors (Lipinski definition) is 5. The number of unbranched alkanes of at least 4 members (excludes halogenated alkanes) is 1. The van der Waals surface area contributed by atoms with Gasteiger partial charge in [0.25, 0.3) is 5.91 Å². The van der Waals surface area contributed by atoms with E-state index in [0.29, 0.717) is 45.1 Å². The molecule has 0 spiro atoms. The van der Waals surface area contributed by atoms with Gasteiger partial charge in [-0.05, 0) is 87.0 Å². The first-order valence-corrected chi connectivity index (χ1v) is 13.9. The lowest BCUT2D eigenvalue weighted by Crippen LogP contribution is -2.62. The van der Waals surface area contributed by atoms with Gasteiger partial charge in [-0.15, -0.1) is 0 Å². The first kappa shape index (κ1) is 28.7. The molecular formula is C28H42N2O8. The van der Waals surface area contributed by atoms with Crippen LogP contribution in [0.1, 0.15) is 78.1 Å². The number of carboxylic acid groups (broad SMARTS) is 1. The summed E-state index contributed by atoms with van der Waals surface area (Å²) in [5.41, 5.74) is -0.583. The minimum atomic E-state index is -1.59. The van der Waals surface area contributed by atoms with Crippen LogP contribution < -0.4 is 5.32 Å². The third-order valence-electron chi connectivity index (χ3n) is 10.2. The molecular weight excluding hydrogens is 492 g/mol. The summed E-state index contributed by atoms with van der Waals surface area (Å²) in [6.07, 6.45) is 7.05. The molecule has 10 nitrogen and oxygen atoms in total. The van der Waals surface area contributed by atoms with E-state index < -0.39 is 35.5 Å². The highest BCUT2D eigenvalue weighted by Gasteiger charge is 2.68. The largest absolute Gasteiger partial charge is 0.481 e. The first-order chi connectivity index (χ1) is 18.0. The number of aliphatic carboxylic acids is 1. The number of aliphatic hydroxyl groups excluding tert-OH is 2. The number of rotatable bonds is 10. The lowest BCUT2D eigenvalue weighted by atomic mass is 9.45. The average molecular weight is 535 g/mol. The van der Waals surface area contributed by atoms with Crippen LogP contribution in [0.25, 0.3) is 0 Å². The van der Waals surface area contributed by atoms with E-state index in [1.54, 1.807) is 0 Å². The summed E-state index contributed by atoms with van der Waals surface area (Å²) in [7, 11) is 0. The van der Waals surface area contributed by atoms with Crippen LogP contribution in [0.15, 0.2) is 16.8 Å². The number of carboxylic acids is 1. The van der Waals surface area contributed by atoms with Crippen molar-refractivity contribution in [2.75, 3.05) is 19.8 Å². The maximum atomic E-state index is 12.6. The molecule has 0 saturated heterocycles. The summed E-state index contributed by atoms with van der Waals surface area (Å²) in [5.74, 6) is -1.39. The van der Waals surface area contributed by atoms with Gasteiger partial charge in [0.15, 0.2) is 12.4 Å². The number of amides is 1. The predicted molar refractivity (Wildman–Crippen MR) is 138 cm³/mol. The number of hydrogen-bond acceptors (Lipinski definition) is 8. The molecule has 212 valence electrons. The van der Waals surface area contributed by atoms with Crippen LogP contribution >= 0.6 is 0 Å². The SMILES string of the molecule is C[C@]12CC/C(=N\OCC(=O)NCCCCC(=O)O)C=C1CC[C@@H]1[C@@H]2[C@@H](O)C[C@@]2(C)[C@H]1CC[C@]2(O)C(=O)CO. The van der Waals surface area contributed by atoms with Crippen molar-refractivity contribution in [3.05, 3.63) is 11.6 Å². The molecule has 0 bridgehead atoms. The highest BCUT2D eigenvalue weighted by molar-refractivity contribution is 5.96. The van der Waals surface area contributed by atoms with E-state index in [-0.39, 0.29) is 42.1 Å². The quantitative estimate of drug-likeness (QED) is 0.210. The molecule has 3 saturated carbocycles. The monoisotopic (exact) mass is 534 g/mol. The van der Waals surface area contributed by atoms with Crippen molar-refractivity contribution in [1.82, 2.24) is 5.32 Å².